The maximum absolute atomic E-state index is 12.6. The number of carbonyl (C=O) groups is 1. The van der Waals surface area contributed by atoms with Crippen LogP contribution in [-0.2, 0) is 0 Å². The van der Waals surface area contributed by atoms with Crippen LogP contribution in [-0.4, -0.2) is 12.9 Å². The van der Waals surface area contributed by atoms with Crippen molar-refractivity contribution in [2.45, 2.75) is 0 Å². The van der Waals surface area contributed by atoms with Crippen LogP contribution >= 0.6 is 0 Å². The van der Waals surface area contributed by atoms with Crippen LogP contribution < -0.4 is 4.74 Å². The second kappa shape index (κ2) is 4.61. The van der Waals surface area contributed by atoms with Crippen LogP contribution in [0, 0.1) is 0 Å². The van der Waals surface area contributed by atoms with Gasteiger partial charge in [-0.25, -0.2) is 0 Å². The number of rotatable bonds is 3. The fraction of sp³-hybridized carbons (Fsp3) is 0.0625. The number of fused-ring (bicyclic) bond motifs is 1. The topological polar surface area (TPSA) is 39.4 Å². The quantitative estimate of drug-likeness (QED) is 0.667. The fourth-order valence-electron chi connectivity index (χ4n) is 2.13. The van der Waals surface area contributed by atoms with Gasteiger partial charge in [-0.15, -0.1) is 0 Å². The highest BCUT2D eigenvalue weighted by molar-refractivity contribution is 6.17. The molecule has 0 unspecified atom stereocenters. The molecule has 0 atom stereocenters. The highest BCUT2D eigenvalue weighted by Gasteiger charge is 2.18. The van der Waals surface area contributed by atoms with Gasteiger partial charge < -0.3 is 9.15 Å². The number of hydrogen-bond acceptors (Lipinski definition) is 3. The number of para-hydroxylation sites is 2. The Morgan fingerprint density at radius 2 is 1.74 bits per heavy atom. The lowest BCUT2D eigenvalue weighted by Gasteiger charge is -2.05. The van der Waals surface area contributed by atoms with Gasteiger partial charge in [0.05, 0.1) is 18.2 Å². The van der Waals surface area contributed by atoms with Crippen LogP contribution in [0.4, 0.5) is 0 Å². The summed E-state index contributed by atoms with van der Waals surface area (Å²) < 4.78 is 10.6. The van der Waals surface area contributed by atoms with Crippen LogP contribution in [0.15, 0.2) is 59.2 Å². The van der Waals surface area contributed by atoms with Crippen molar-refractivity contribution < 1.29 is 13.9 Å². The lowest BCUT2D eigenvalue weighted by Crippen LogP contribution is -2.02. The summed E-state index contributed by atoms with van der Waals surface area (Å²) in [5.74, 6) is 0.472. The summed E-state index contributed by atoms with van der Waals surface area (Å²) in [6.07, 6.45) is 1.50. The first kappa shape index (κ1) is 11.5. The normalized spacial score (nSPS) is 10.6. The van der Waals surface area contributed by atoms with E-state index in [-0.39, 0.29) is 5.78 Å². The largest absolute Gasteiger partial charge is 0.496 e. The van der Waals surface area contributed by atoms with E-state index in [4.69, 9.17) is 9.15 Å². The van der Waals surface area contributed by atoms with Crippen molar-refractivity contribution in [1.29, 1.82) is 0 Å². The molecule has 19 heavy (non-hydrogen) atoms. The summed E-state index contributed by atoms with van der Waals surface area (Å²) in [6.45, 7) is 0. The van der Waals surface area contributed by atoms with Crippen molar-refractivity contribution in [1.82, 2.24) is 0 Å². The van der Waals surface area contributed by atoms with E-state index in [0.717, 1.165) is 5.39 Å². The molecule has 3 rings (SSSR count). The molecule has 2 aromatic carbocycles. The molecule has 0 N–H and O–H groups in total. The smallest absolute Gasteiger partial charge is 0.200 e. The molecule has 0 aliphatic heterocycles. The third kappa shape index (κ3) is 1.89. The van der Waals surface area contributed by atoms with Gasteiger partial charge in [0, 0.05) is 5.39 Å². The second-order valence-electron chi connectivity index (χ2n) is 4.17. The highest BCUT2D eigenvalue weighted by Crippen LogP contribution is 2.26. The molecule has 0 saturated heterocycles. The number of hydrogen-bond donors (Lipinski definition) is 0. The van der Waals surface area contributed by atoms with Crippen LogP contribution in [0.2, 0.25) is 0 Å². The van der Waals surface area contributed by atoms with E-state index < -0.39 is 0 Å². The average molecular weight is 252 g/mol. The van der Waals surface area contributed by atoms with E-state index >= 15 is 0 Å². The van der Waals surface area contributed by atoms with Crippen molar-refractivity contribution >= 4 is 16.8 Å². The summed E-state index contributed by atoms with van der Waals surface area (Å²) in [7, 11) is 1.56. The zero-order chi connectivity index (χ0) is 13.2. The SMILES string of the molecule is COc1ccccc1C(=O)c1coc2ccccc12. The summed E-state index contributed by atoms with van der Waals surface area (Å²) in [5, 5.41) is 0.818. The Labute approximate surface area is 110 Å². The van der Waals surface area contributed by atoms with E-state index in [1.807, 2.05) is 36.4 Å². The molecule has 3 aromatic rings. The van der Waals surface area contributed by atoms with Crippen molar-refractivity contribution in [2.75, 3.05) is 7.11 Å². The molecule has 0 fully saturated rings. The number of carbonyl (C=O) groups excluding carboxylic acids is 1. The Bertz CT molecular complexity index is 740. The maximum Gasteiger partial charge on any atom is 0.200 e. The maximum atomic E-state index is 12.6. The van der Waals surface area contributed by atoms with Crippen LogP contribution in [0.25, 0.3) is 11.0 Å². The molecule has 0 radical (unpaired) electrons. The number of benzene rings is 2. The van der Waals surface area contributed by atoms with Crippen LogP contribution in [0.3, 0.4) is 0 Å². The first-order valence-electron chi connectivity index (χ1n) is 5.95. The minimum absolute atomic E-state index is 0.0950. The standard InChI is InChI=1S/C16H12O3/c1-18-14-8-4-3-7-12(14)16(17)13-10-19-15-9-5-2-6-11(13)15/h2-10H,1H3. The minimum Gasteiger partial charge on any atom is -0.496 e. The number of furan rings is 1. The average Bonchev–Trinajstić information content (AvgIpc) is 2.90. The van der Waals surface area contributed by atoms with Crippen molar-refractivity contribution in [3.63, 3.8) is 0 Å². The fourth-order valence-corrected chi connectivity index (χ4v) is 2.13. The first-order chi connectivity index (χ1) is 9.31. The molecular weight excluding hydrogens is 240 g/mol. The molecule has 1 aromatic heterocycles. The van der Waals surface area contributed by atoms with Gasteiger partial charge in [-0.1, -0.05) is 30.3 Å². The first-order valence-corrected chi connectivity index (χ1v) is 5.95. The summed E-state index contributed by atoms with van der Waals surface area (Å²) in [5.41, 5.74) is 1.80. The van der Waals surface area contributed by atoms with E-state index in [1.54, 1.807) is 19.2 Å². The lowest BCUT2D eigenvalue weighted by molar-refractivity contribution is 0.103. The predicted octanol–water partition coefficient (Wildman–Crippen LogP) is 3.67. The van der Waals surface area contributed by atoms with Crippen LogP contribution in [0.1, 0.15) is 15.9 Å². The zero-order valence-electron chi connectivity index (χ0n) is 10.4. The van der Waals surface area contributed by atoms with Gasteiger partial charge in [0.1, 0.15) is 17.6 Å². The molecule has 3 nitrogen and oxygen atoms in total. The number of ether oxygens (including phenoxy) is 1. The molecule has 0 spiro atoms. The molecule has 0 aliphatic rings. The van der Waals surface area contributed by atoms with Gasteiger partial charge in [-0.2, -0.15) is 0 Å². The highest BCUT2D eigenvalue weighted by atomic mass is 16.5. The lowest BCUT2D eigenvalue weighted by atomic mass is 10.0. The van der Waals surface area contributed by atoms with Crippen LogP contribution in [0.5, 0.6) is 5.75 Å². The predicted molar refractivity (Wildman–Crippen MR) is 72.6 cm³/mol. The van der Waals surface area contributed by atoms with E-state index in [9.17, 15) is 4.79 Å². The molecular formula is C16H12O3. The van der Waals surface area contributed by atoms with Crippen molar-refractivity contribution in [3.05, 3.63) is 65.9 Å². The van der Waals surface area contributed by atoms with Crippen molar-refractivity contribution in [3.8, 4) is 5.75 Å². The number of ketones is 1. The monoisotopic (exact) mass is 252 g/mol. The molecule has 1 heterocycles. The van der Waals surface area contributed by atoms with Gasteiger partial charge in [0.2, 0.25) is 5.78 Å². The second-order valence-corrected chi connectivity index (χ2v) is 4.17. The summed E-state index contributed by atoms with van der Waals surface area (Å²) >= 11 is 0. The molecule has 0 amide bonds. The Kier molecular flexibility index (Phi) is 2.80. The summed E-state index contributed by atoms with van der Waals surface area (Å²) in [4.78, 5) is 12.6. The zero-order valence-corrected chi connectivity index (χ0v) is 10.4. The van der Waals surface area contributed by atoms with Gasteiger partial charge in [-0.3, -0.25) is 4.79 Å². The van der Waals surface area contributed by atoms with Gasteiger partial charge in [0.25, 0.3) is 0 Å². The van der Waals surface area contributed by atoms with Crippen molar-refractivity contribution in [2.24, 2.45) is 0 Å². The Morgan fingerprint density at radius 1 is 1.00 bits per heavy atom. The van der Waals surface area contributed by atoms with Gasteiger partial charge >= 0.3 is 0 Å². The van der Waals surface area contributed by atoms with Gasteiger partial charge in [-0.05, 0) is 18.2 Å². The van der Waals surface area contributed by atoms with E-state index in [0.29, 0.717) is 22.5 Å². The molecule has 0 saturated carbocycles. The molecule has 0 aliphatic carbocycles. The minimum atomic E-state index is -0.0950. The molecule has 3 heteroatoms. The third-order valence-corrected chi connectivity index (χ3v) is 3.08. The Balaban J connectivity index is 2.14. The summed E-state index contributed by atoms with van der Waals surface area (Å²) in [6, 6.07) is 14.7. The molecule has 94 valence electrons. The third-order valence-electron chi connectivity index (χ3n) is 3.08. The number of methoxy groups -OCH3 is 1. The Hall–Kier alpha value is -2.55. The van der Waals surface area contributed by atoms with Gasteiger partial charge in [0.15, 0.2) is 0 Å². The van der Waals surface area contributed by atoms with E-state index in [1.165, 1.54) is 6.26 Å². The van der Waals surface area contributed by atoms with E-state index in [2.05, 4.69) is 0 Å². The molecule has 0 bridgehead atoms. The Morgan fingerprint density at radius 3 is 2.58 bits per heavy atom.